The van der Waals surface area contributed by atoms with Gasteiger partial charge in [0.05, 0.1) is 27.8 Å². The van der Waals surface area contributed by atoms with Gasteiger partial charge >= 0.3 is 12.0 Å². The SMILES string of the molecule is O=C(NCc1cc(C(=O)O)ccn1)Nc1ccc(Cl)c(Cl)c1. The molecule has 0 bridgehead atoms. The number of hydrogen-bond acceptors (Lipinski definition) is 3. The van der Waals surface area contributed by atoms with Crippen molar-refractivity contribution in [3.05, 3.63) is 57.8 Å². The average molecular weight is 340 g/mol. The van der Waals surface area contributed by atoms with E-state index in [1.165, 1.54) is 24.4 Å². The van der Waals surface area contributed by atoms with Gasteiger partial charge in [0.1, 0.15) is 0 Å². The highest BCUT2D eigenvalue weighted by atomic mass is 35.5. The number of rotatable bonds is 4. The van der Waals surface area contributed by atoms with Crippen LogP contribution in [0.25, 0.3) is 0 Å². The van der Waals surface area contributed by atoms with Crippen LogP contribution in [0, 0.1) is 0 Å². The van der Waals surface area contributed by atoms with Gasteiger partial charge in [0.2, 0.25) is 0 Å². The summed E-state index contributed by atoms with van der Waals surface area (Å²) in [6.45, 7) is 0.0915. The van der Waals surface area contributed by atoms with Gasteiger partial charge in [0.25, 0.3) is 0 Å². The van der Waals surface area contributed by atoms with Gasteiger partial charge in [0, 0.05) is 11.9 Å². The minimum atomic E-state index is -1.05. The van der Waals surface area contributed by atoms with Crippen LogP contribution in [0.2, 0.25) is 10.0 Å². The lowest BCUT2D eigenvalue weighted by atomic mass is 10.2. The van der Waals surface area contributed by atoms with Crippen molar-refractivity contribution < 1.29 is 14.7 Å². The zero-order chi connectivity index (χ0) is 16.1. The maximum absolute atomic E-state index is 11.8. The molecule has 0 aliphatic heterocycles. The normalized spacial score (nSPS) is 10.1. The number of aromatic nitrogens is 1. The number of nitrogens with one attached hydrogen (secondary N) is 2. The fraction of sp³-hybridized carbons (Fsp3) is 0.0714. The first-order valence-corrected chi connectivity index (χ1v) is 6.89. The molecule has 8 heteroatoms. The molecule has 0 saturated heterocycles. The maximum atomic E-state index is 11.8. The highest BCUT2D eigenvalue weighted by Gasteiger charge is 2.07. The Kier molecular flexibility index (Phi) is 5.19. The quantitative estimate of drug-likeness (QED) is 0.795. The Hall–Kier alpha value is -2.31. The Labute approximate surface area is 136 Å². The van der Waals surface area contributed by atoms with Gasteiger partial charge in [-0.1, -0.05) is 23.2 Å². The number of nitrogens with zero attached hydrogens (tertiary/aromatic N) is 1. The fourth-order valence-corrected chi connectivity index (χ4v) is 1.93. The summed E-state index contributed by atoms with van der Waals surface area (Å²) < 4.78 is 0. The predicted molar refractivity (Wildman–Crippen MR) is 83.5 cm³/mol. The number of carbonyl (C=O) groups excluding carboxylic acids is 1. The van der Waals surface area contributed by atoms with Gasteiger partial charge in [-0.3, -0.25) is 4.98 Å². The third-order valence-electron chi connectivity index (χ3n) is 2.67. The molecule has 0 atom stereocenters. The smallest absolute Gasteiger partial charge is 0.335 e. The van der Waals surface area contributed by atoms with Gasteiger partial charge in [-0.15, -0.1) is 0 Å². The summed E-state index contributed by atoms with van der Waals surface area (Å²) in [5.41, 5.74) is 1.03. The first-order valence-electron chi connectivity index (χ1n) is 6.14. The number of amides is 2. The van der Waals surface area contributed by atoms with Crippen molar-refractivity contribution in [2.45, 2.75) is 6.54 Å². The summed E-state index contributed by atoms with van der Waals surface area (Å²) in [6, 6.07) is 6.99. The fourth-order valence-electron chi connectivity index (χ4n) is 1.63. The van der Waals surface area contributed by atoms with Crippen molar-refractivity contribution >= 4 is 40.9 Å². The minimum absolute atomic E-state index is 0.0915. The number of aromatic carboxylic acids is 1. The molecular weight excluding hydrogens is 329 g/mol. The summed E-state index contributed by atoms with van der Waals surface area (Å²) in [4.78, 5) is 26.6. The molecule has 1 aromatic carbocycles. The van der Waals surface area contributed by atoms with E-state index in [1.54, 1.807) is 12.1 Å². The zero-order valence-corrected chi connectivity index (χ0v) is 12.6. The molecule has 0 aliphatic rings. The van der Waals surface area contributed by atoms with E-state index in [0.29, 0.717) is 21.4 Å². The van der Waals surface area contributed by atoms with Crippen molar-refractivity contribution in [2.75, 3.05) is 5.32 Å². The van der Waals surface area contributed by atoms with Crippen LogP contribution >= 0.6 is 23.2 Å². The van der Waals surface area contributed by atoms with Crippen molar-refractivity contribution in [3.63, 3.8) is 0 Å². The molecule has 2 rings (SSSR count). The molecule has 1 heterocycles. The van der Waals surface area contributed by atoms with Crippen molar-refractivity contribution in [1.29, 1.82) is 0 Å². The summed E-state index contributed by atoms with van der Waals surface area (Å²) in [6.07, 6.45) is 1.37. The second-order valence-corrected chi connectivity index (χ2v) is 5.09. The molecule has 0 unspecified atom stereocenters. The lowest BCUT2D eigenvalue weighted by Gasteiger charge is -2.08. The summed E-state index contributed by atoms with van der Waals surface area (Å²) in [5, 5.41) is 14.7. The third kappa shape index (κ3) is 4.34. The lowest BCUT2D eigenvalue weighted by molar-refractivity contribution is 0.0696. The van der Waals surface area contributed by atoms with Crippen LogP contribution in [-0.4, -0.2) is 22.1 Å². The van der Waals surface area contributed by atoms with Crippen molar-refractivity contribution in [1.82, 2.24) is 10.3 Å². The summed E-state index contributed by atoms with van der Waals surface area (Å²) >= 11 is 11.6. The maximum Gasteiger partial charge on any atom is 0.335 e. The Morgan fingerprint density at radius 1 is 1.14 bits per heavy atom. The summed E-state index contributed by atoms with van der Waals surface area (Å²) in [5.74, 6) is -1.05. The van der Waals surface area contributed by atoms with E-state index in [-0.39, 0.29) is 12.1 Å². The lowest BCUT2D eigenvalue weighted by Crippen LogP contribution is -2.28. The zero-order valence-electron chi connectivity index (χ0n) is 11.1. The van der Waals surface area contributed by atoms with Crippen molar-refractivity contribution in [2.24, 2.45) is 0 Å². The van der Waals surface area contributed by atoms with E-state index in [0.717, 1.165) is 0 Å². The van der Waals surface area contributed by atoms with Gasteiger partial charge in [-0.2, -0.15) is 0 Å². The third-order valence-corrected chi connectivity index (χ3v) is 3.41. The average Bonchev–Trinajstić information content (AvgIpc) is 2.49. The van der Waals surface area contributed by atoms with Gasteiger partial charge in [-0.05, 0) is 30.3 Å². The highest BCUT2D eigenvalue weighted by Crippen LogP contribution is 2.24. The molecule has 6 nitrogen and oxygen atoms in total. The molecule has 0 saturated carbocycles. The van der Waals surface area contributed by atoms with Crippen molar-refractivity contribution in [3.8, 4) is 0 Å². The molecule has 2 aromatic rings. The standard InChI is InChI=1S/C14H11Cl2N3O3/c15-11-2-1-9(6-12(11)16)19-14(22)18-7-10-5-8(13(20)21)3-4-17-10/h1-6H,7H2,(H,20,21)(H2,18,19,22). The molecule has 1 aromatic heterocycles. The topological polar surface area (TPSA) is 91.3 Å². The number of urea groups is 1. The van der Waals surface area contributed by atoms with E-state index in [9.17, 15) is 9.59 Å². The van der Waals surface area contributed by atoms with E-state index in [1.807, 2.05) is 0 Å². The molecule has 22 heavy (non-hydrogen) atoms. The number of carbonyl (C=O) groups is 2. The van der Waals surface area contributed by atoms with E-state index >= 15 is 0 Å². The Morgan fingerprint density at radius 2 is 1.91 bits per heavy atom. The van der Waals surface area contributed by atoms with E-state index < -0.39 is 12.0 Å². The molecule has 0 aliphatic carbocycles. The molecular formula is C14H11Cl2N3O3. The highest BCUT2D eigenvalue weighted by molar-refractivity contribution is 6.42. The monoisotopic (exact) mass is 339 g/mol. The molecule has 2 amide bonds. The minimum Gasteiger partial charge on any atom is -0.478 e. The number of carboxylic acid groups (broad SMARTS) is 1. The van der Waals surface area contributed by atoms with Crippen LogP contribution in [0.4, 0.5) is 10.5 Å². The first-order chi connectivity index (χ1) is 10.5. The number of benzene rings is 1. The molecule has 0 spiro atoms. The number of halogens is 2. The van der Waals surface area contributed by atoms with Gasteiger partial charge in [-0.25, -0.2) is 9.59 Å². The molecule has 114 valence electrons. The second-order valence-electron chi connectivity index (χ2n) is 4.28. The first kappa shape index (κ1) is 16.1. The van der Waals surface area contributed by atoms with Crippen LogP contribution in [-0.2, 0) is 6.54 Å². The number of carboxylic acids is 1. The van der Waals surface area contributed by atoms with Crippen LogP contribution in [0.15, 0.2) is 36.5 Å². The second kappa shape index (κ2) is 7.11. The van der Waals surface area contributed by atoms with Crippen LogP contribution in [0.3, 0.4) is 0 Å². The van der Waals surface area contributed by atoms with E-state index in [4.69, 9.17) is 28.3 Å². The number of hydrogen-bond donors (Lipinski definition) is 3. The van der Waals surface area contributed by atoms with Gasteiger partial charge < -0.3 is 15.7 Å². The van der Waals surface area contributed by atoms with Crippen LogP contribution < -0.4 is 10.6 Å². The Morgan fingerprint density at radius 3 is 2.59 bits per heavy atom. The number of anilines is 1. The van der Waals surface area contributed by atoms with Crippen LogP contribution in [0.5, 0.6) is 0 Å². The largest absolute Gasteiger partial charge is 0.478 e. The predicted octanol–water partition coefficient (Wildman–Crippen LogP) is 3.41. The van der Waals surface area contributed by atoms with E-state index in [2.05, 4.69) is 15.6 Å². The Bertz CT molecular complexity index is 722. The van der Waals surface area contributed by atoms with Gasteiger partial charge in [0.15, 0.2) is 0 Å². The molecule has 0 fully saturated rings. The summed E-state index contributed by atoms with van der Waals surface area (Å²) in [7, 11) is 0. The molecule has 3 N–H and O–H groups in total. The molecule has 0 radical (unpaired) electrons. The Balaban J connectivity index is 1.94. The number of pyridine rings is 1. The van der Waals surface area contributed by atoms with Crippen LogP contribution in [0.1, 0.15) is 16.1 Å².